The molecule has 3 rings (SSSR count). The molecule has 4 nitrogen and oxygen atoms in total. The van der Waals surface area contributed by atoms with Crippen LogP contribution in [0.25, 0.3) is 0 Å². The average molecular weight is 361 g/mol. The molecule has 2 aromatic rings. The lowest BCUT2D eigenvalue weighted by Crippen LogP contribution is -2.49. The molecule has 0 saturated carbocycles. The Labute approximate surface area is 127 Å². The Morgan fingerprint density at radius 3 is 2.52 bits per heavy atom. The van der Waals surface area contributed by atoms with Crippen molar-refractivity contribution in [1.29, 1.82) is 0 Å². The van der Waals surface area contributed by atoms with Gasteiger partial charge in [0, 0.05) is 37.9 Å². The predicted octanol–water partition coefficient (Wildman–Crippen LogP) is 3.20. The van der Waals surface area contributed by atoms with E-state index < -0.39 is 11.7 Å². The lowest BCUT2D eigenvalue weighted by atomic mass is 10.0. The van der Waals surface area contributed by atoms with Crippen LogP contribution < -0.4 is 4.90 Å². The van der Waals surface area contributed by atoms with Gasteiger partial charge in [-0.2, -0.15) is 18.3 Å². The first-order valence-corrected chi connectivity index (χ1v) is 7.17. The van der Waals surface area contributed by atoms with E-state index in [2.05, 4.69) is 26.0 Å². The number of anilines is 1. The van der Waals surface area contributed by atoms with Gasteiger partial charge in [-0.15, -0.1) is 0 Å². The van der Waals surface area contributed by atoms with Gasteiger partial charge in [0.1, 0.15) is 5.82 Å². The van der Waals surface area contributed by atoms with Crippen molar-refractivity contribution in [3.8, 4) is 0 Å². The molecule has 0 spiro atoms. The maximum Gasteiger partial charge on any atom is 0.417 e. The third kappa shape index (κ3) is 3.20. The van der Waals surface area contributed by atoms with Crippen LogP contribution in [0.15, 0.2) is 35.2 Å². The number of rotatable bonds is 3. The van der Waals surface area contributed by atoms with E-state index in [0.29, 0.717) is 11.7 Å². The zero-order chi connectivity index (χ0) is 15.0. The van der Waals surface area contributed by atoms with Crippen LogP contribution in [0.4, 0.5) is 19.0 Å². The van der Waals surface area contributed by atoms with Crippen molar-refractivity contribution in [2.45, 2.75) is 12.7 Å². The monoisotopic (exact) mass is 360 g/mol. The highest BCUT2D eigenvalue weighted by Crippen LogP contribution is 2.30. The molecule has 1 fully saturated rings. The van der Waals surface area contributed by atoms with Crippen molar-refractivity contribution in [1.82, 2.24) is 14.8 Å². The van der Waals surface area contributed by atoms with E-state index >= 15 is 0 Å². The van der Waals surface area contributed by atoms with Crippen LogP contribution in [0.2, 0.25) is 0 Å². The third-order valence-electron chi connectivity index (χ3n) is 3.40. The van der Waals surface area contributed by atoms with Gasteiger partial charge in [-0.25, -0.2) is 4.98 Å². The molecule has 1 aliphatic heterocycles. The minimum Gasteiger partial charge on any atom is -0.356 e. The maximum absolute atomic E-state index is 12.5. The van der Waals surface area contributed by atoms with Crippen molar-refractivity contribution < 1.29 is 13.2 Å². The number of halogens is 4. The largest absolute Gasteiger partial charge is 0.417 e. The number of hydrogen-bond acceptors (Lipinski definition) is 3. The van der Waals surface area contributed by atoms with Gasteiger partial charge in [0.25, 0.3) is 0 Å². The molecule has 0 atom stereocenters. The predicted molar refractivity (Wildman–Crippen MR) is 74.9 cm³/mol. The zero-order valence-corrected chi connectivity index (χ0v) is 12.5. The van der Waals surface area contributed by atoms with E-state index in [0.717, 1.165) is 36.4 Å². The van der Waals surface area contributed by atoms with Crippen LogP contribution in [-0.4, -0.2) is 27.9 Å². The van der Waals surface area contributed by atoms with Gasteiger partial charge in [-0.1, -0.05) is 0 Å². The lowest BCUT2D eigenvalue weighted by Gasteiger charge is -2.40. The second-order valence-electron chi connectivity index (χ2n) is 5.05. The highest BCUT2D eigenvalue weighted by Gasteiger charge is 2.32. The standard InChI is InChI=1S/C13H12BrF3N4/c14-11-4-19-21(8-11)7-9-5-20(6-9)12-2-1-10(3-18-12)13(15,16)17/h1-4,8-9H,5-7H2. The van der Waals surface area contributed by atoms with Gasteiger partial charge in [0.05, 0.1) is 16.2 Å². The van der Waals surface area contributed by atoms with Crippen LogP contribution in [0.5, 0.6) is 0 Å². The van der Waals surface area contributed by atoms with Gasteiger partial charge in [0.2, 0.25) is 0 Å². The summed E-state index contributed by atoms with van der Waals surface area (Å²) in [5, 5.41) is 4.18. The number of hydrogen-bond donors (Lipinski definition) is 0. The quantitative estimate of drug-likeness (QED) is 0.842. The van der Waals surface area contributed by atoms with Gasteiger partial charge in [-0.05, 0) is 28.1 Å². The molecular formula is C13H12BrF3N4. The summed E-state index contributed by atoms with van der Waals surface area (Å²) >= 11 is 3.34. The average Bonchev–Trinajstić information content (AvgIpc) is 2.78. The Kier molecular flexibility index (Phi) is 3.64. The van der Waals surface area contributed by atoms with E-state index in [4.69, 9.17) is 0 Å². The summed E-state index contributed by atoms with van der Waals surface area (Å²) in [6.07, 6.45) is 0.177. The molecule has 1 saturated heterocycles. The molecule has 112 valence electrons. The molecule has 0 aromatic carbocycles. The molecule has 8 heteroatoms. The Balaban J connectivity index is 1.56. The van der Waals surface area contributed by atoms with E-state index in [1.54, 1.807) is 6.20 Å². The number of aromatic nitrogens is 3. The first-order chi connectivity index (χ1) is 9.91. The van der Waals surface area contributed by atoms with Crippen LogP contribution in [0.1, 0.15) is 5.56 Å². The SMILES string of the molecule is FC(F)(F)c1ccc(N2CC(Cn3cc(Br)cn3)C2)nc1. The second-order valence-corrected chi connectivity index (χ2v) is 5.97. The van der Waals surface area contributed by atoms with E-state index in [1.807, 2.05) is 15.8 Å². The van der Waals surface area contributed by atoms with Crippen LogP contribution in [0, 0.1) is 5.92 Å². The Morgan fingerprint density at radius 1 is 1.24 bits per heavy atom. The van der Waals surface area contributed by atoms with Crippen molar-refractivity contribution >= 4 is 21.7 Å². The molecule has 2 aromatic heterocycles. The number of pyridine rings is 1. The van der Waals surface area contributed by atoms with Crippen molar-refractivity contribution in [3.63, 3.8) is 0 Å². The second kappa shape index (κ2) is 5.32. The minimum atomic E-state index is -4.34. The Hall–Kier alpha value is -1.57. The fourth-order valence-corrected chi connectivity index (χ4v) is 2.64. The molecule has 1 aliphatic rings. The van der Waals surface area contributed by atoms with Crippen LogP contribution >= 0.6 is 15.9 Å². The van der Waals surface area contributed by atoms with Crippen LogP contribution in [-0.2, 0) is 12.7 Å². The molecular weight excluding hydrogens is 349 g/mol. The number of alkyl halides is 3. The van der Waals surface area contributed by atoms with E-state index in [1.165, 1.54) is 6.07 Å². The molecule has 0 radical (unpaired) electrons. The third-order valence-corrected chi connectivity index (χ3v) is 3.81. The summed E-state index contributed by atoms with van der Waals surface area (Å²) in [7, 11) is 0. The summed E-state index contributed by atoms with van der Waals surface area (Å²) in [6.45, 7) is 2.34. The summed E-state index contributed by atoms with van der Waals surface area (Å²) in [6, 6.07) is 2.49. The van der Waals surface area contributed by atoms with Gasteiger partial charge < -0.3 is 4.90 Å². The van der Waals surface area contributed by atoms with Crippen LogP contribution in [0.3, 0.4) is 0 Å². The highest BCUT2D eigenvalue weighted by atomic mass is 79.9. The maximum atomic E-state index is 12.5. The van der Waals surface area contributed by atoms with Crippen molar-refractivity contribution in [2.75, 3.05) is 18.0 Å². The van der Waals surface area contributed by atoms with E-state index in [9.17, 15) is 13.2 Å². The molecule has 0 bridgehead atoms. The lowest BCUT2D eigenvalue weighted by molar-refractivity contribution is -0.137. The number of nitrogens with zero attached hydrogens (tertiary/aromatic N) is 4. The molecule has 3 heterocycles. The molecule has 0 unspecified atom stereocenters. The van der Waals surface area contributed by atoms with E-state index in [-0.39, 0.29) is 0 Å². The fraction of sp³-hybridized carbons (Fsp3) is 0.385. The summed E-state index contributed by atoms with van der Waals surface area (Å²) in [5.74, 6) is 1.02. The van der Waals surface area contributed by atoms with Gasteiger partial charge >= 0.3 is 6.18 Å². The van der Waals surface area contributed by atoms with Gasteiger partial charge in [0.15, 0.2) is 0 Å². The fourth-order valence-electron chi connectivity index (χ4n) is 2.32. The molecule has 0 aliphatic carbocycles. The molecule has 0 N–H and O–H groups in total. The molecule has 0 amide bonds. The van der Waals surface area contributed by atoms with Crippen molar-refractivity contribution in [3.05, 3.63) is 40.8 Å². The topological polar surface area (TPSA) is 34.0 Å². The summed E-state index contributed by atoms with van der Waals surface area (Å²) in [4.78, 5) is 5.85. The highest BCUT2D eigenvalue weighted by molar-refractivity contribution is 9.10. The van der Waals surface area contributed by atoms with Crippen molar-refractivity contribution in [2.24, 2.45) is 5.92 Å². The first kappa shape index (κ1) is 14.4. The summed E-state index contributed by atoms with van der Waals surface area (Å²) in [5.41, 5.74) is -0.718. The Bertz CT molecular complexity index is 617. The smallest absolute Gasteiger partial charge is 0.356 e. The molecule has 21 heavy (non-hydrogen) atoms. The van der Waals surface area contributed by atoms with Gasteiger partial charge in [-0.3, -0.25) is 4.68 Å². The first-order valence-electron chi connectivity index (χ1n) is 6.38. The minimum absolute atomic E-state index is 0.431. The summed E-state index contributed by atoms with van der Waals surface area (Å²) < 4.78 is 40.2. The Morgan fingerprint density at radius 2 is 2.00 bits per heavy atom. The zero-order valence-electron chi connectivity index (χ0n) is 10.9. The normalized spacial score (nSPS) is 16.1.